The van der Waals surface area contributed by atoms with E-state index in [-0.39, 0.29) is 41.9 Å². The summed E-state index contributed by atoms with van der Waals surface area (Å²) in [6, 6.07) is 9.55. The van der Waals surface area contributed by atoms with E-state index < -0.39 is 23.9 Å². The summed E-state index contributed by atoms with van der Waals surface area (Å²) in [5, 5.41) is 6.05. The van der Waals surface area contributed by atoms with Gasteiger partial charge in [0.2, 0.25) is 5.91 Å². The van der Waals surface area contributed by atoms with Crippen LogP contribution in [0.3, 0.4) is 0 Å². The van der Waals surface area contributed by atoms with Gasteiger partial charge in [0.25, 0.3) is 0 Å². The van der Waals surface area contributed by atoms with Crippen molar-refractivity contribution in [1.29, 1.82) is 0 Å². The smallest absolute Gasteiger partial charge is 0.308 e. The van der Waals surface area contributed by atoms with Gasteiger partial charge in [-0.2, -0.15) is 0 Å². The van der Waals surface area contributed by atoms with Crippen molar-refractivity contribution < 1.29 is 42.9 Å². The maximum Gasteiger partial charge on any atom is 0.308 e. The zero-order valence-electron chi connectivity index (χ0n) is 22.5. The molecule has 0 aliphatic carbocycles. The molecular weight excluding hydrogens is 508 g/mol. The van der Waals surface area contributed by atoms with Crippen LogP contribution in [0.15, 0.2) is 48.2 Å². The number of amides is 1. The number of esters is 4. The van der Waals surface area contributed by atoms with Gasteiger partial charge in [-0.3, -0.25) is 24.0 Å². The van der Waals surface area contributed by atoms with Gasteiger partial charge in [0.1, 0.15) is 0 Å². The SMILES string of the molecule is CC=C(CCC(=O)NCc1ccc(OC(C)=O)c(OC(C)=O)c1)NCc1ccc(OC(C)=O)c(OC(C)=O)c1. The molecule has 2 aromatic rings. The molecule has 39 heavy (non-hydrogen) atoms. The highest BCUT2D eigenvalue weighted by atomic mass is 16.6. The lowest BCUT2D eigenvalue weighted by atomic mass is 10.1. The lowest BCUT2D eigenvalue weighted by molar-refractivity contribution is -0.134. The Balaban J connectivity index is 1.92. The molecule has 0 bridgehead atoms. The van der Waals surface area contributed by atoms with Crippen molar-refractivity contribution in [2.75, 3.05) is 0 Å². The molecular formula is C28H32N2O9. The van der Waals surface area contributed by atoms with Crippen molar-refractivity contribution in [2.45, 2.75) is 60.5 Å². The van der Waals surface area contributed by atoms with Crippen molar-refractivity contribution in [1.82, 2.24) is 10.6 Å². The Morgan fingerprint density at radius 2 is 1.03 bits per heavy atom. The number of rotatable bonds is 12. The van der Waals surface area contributed by atoms with Crippen molar-refractivity contribution in [3.63, 3.8) is 0 Å². The summed E-state index contributed by atoms with van der Waals surface area (Å²) < 4.78 is 20.4. The highest BCUT2D eigenvalue weighted by Gasteiger charge is 2.13. The molecule has 0 atom stereocenters. The second kappa shape index (κ2) is 14.9. The van der Waals surface area contributed by atoms with Crippen LogP contribution in [-0.4, -0.2) is 29.8 Å². The summed E-state index contributed by atoms with van der Waals surface area (Å²) in [5.41, 5.74) is 2.25. The predicted molar refractivity (Wildman–Crippen MR) is 140 cm³/mol. The molecule has 1 amide bonds. The van der Waals surface area contributed by atoms with E-state index >= 15 is 0 Å². The number of ether oxygens (including phenoxy) is 4. The maximum atomic E-state index is 12.4. The van der Waals surface area contributed by atoms with Gasteiger partial charge in [-0.05, 0) is 48.7 Å². The average molecular weight is 541 g/mol. The zero-order chi connectivity index (χ0) is 28.9. The molecule has 11 nitrogen and oxygen atoms in total. The van der Waals surface area contributed by atoms with Gasteiger partial charge in [-0.15, -0.1) is 0 Å². The lowest BCUT2D eigenvalue weighted by Crippen LogP contribution is -2.23. The molecule has 0 fully saturated rings. The fourth-order valence-electron chi connectivity index (χ4n) is 3.36. The maximum absolute atomic E-state index is 12.4. The summed E-state index contributed by atoms with van der Waals surface area (Å²) >= 11 is 0. The largest absolute Gasteiger partial charge is 0.423 e. The van der Waals surface area contributed by atoms with E-state index in [0.29, 0.717) is 18.5 Å². The minimum atomic E-state index is -0.570. The topological polar surface area (TPSA) is 146 Å². The Morgan fingerprint density at radius 1 is 0.615 bits per heavy atom. The number of benzene rings is 2. The second-order valence-electron chi connectivity index (χ2n) is 8.38. The van der Waals surface area contributed by atoms with Crippen LogP contribution in [0.1, 0.15) is 58.6 Å². The Kier molecular flexibility index (Phi) is 11.7. The molecule has 0 aliphatic heterocycles. The van der Waals surface area contributed by atoms with Crippen LogP contribution >= 0.6 is 0 Å². The predicted octanol–water partition coefficient (Wildman–Crippen LogP) is 3.48. The Morgan fingerprint density at radius 3 is 1.44 bits per heavy atom. The van der Waals surface area contributed by atoms with E-state index in [4.69, 9.17) is 18.9 Å². The zero-order valence-corrected chi connectivity index (χ0v) is 22.5. The number of hydrogen-bond donors (Lipinski definition) is 2. The average Bonchev–Trinajstić information content (AvgIpc) is 2.84. The van der Waals surface area contributed by atoms with E-state index in [2.05, 4.69) is 10.6 Å². The van der Waals surface area contributed by atoms with Crippen LogP contribution in [-0.2, 0) is 37.1 Å². The molecule has 2 N–H and O–H groups in total. The van der Waals surface area contributed by atoms with Gasteiger partial charge in [0, 0.05) is 52.9 Å². The molecule has 0 aromatic heterocycles. The van der Waals surface area contributed by atoms with Crippen LogP contribution in [0.2, 0.25) is 0 Å². The molecule has 208 valence electrons. The van der Waals surface area contributed by atoms with Crippen molar-refractivity contribution >= 4 is 29.8 Å². The van der Waals surface area contributed by atoms with Gasteiger partial charge >= 0.3 is 23.9 Å². The normalized spacial score (nSPS) is 10.7. The highest BCUT2D eigenvalue weighted by molar-refractivity contribution is 5.76. The van der Waals surface area contributed by atoms with Gasteiger partial charge in [0.15, 0.2) is 23.0 Å². The first kappa shape index (κ1) is 30.6. The lowest BCUT2D eigenvalue weighted by Gasteiger charge is -2.14. The van der Waals surface area contributed by atoms with E-state index in [1.54, 1.807) is 24.3 Å². The molecule has 2 rings (SSSR count). The fraction of sp³-hybridized carbons (Fsp3) is 0.321. The van der Waals surface area contributed by atoms with Gasteiger partial charge < -0.3 is 29.6 Å². The van der Waals surface area contributed by atoms with E-state index in [1.165, 1.54) is 39.8 Å². The first-order chi connectivity index (χ1) is 18.5. The minimum Gasteiger partial charge on any atom is -0.423 e. The first-order valence-corrected chi connectivity index (χ1v) is 12.1. The molecule has 0 saturated heterocycles. The number of carbonyl (C=O) groups excluding carboxylic acids is 5. The van der Waals surface area contributed by atoms with Gasteiger partial charge in [-0.1, -0.05) is 18.2 Å². The first-order valence-electron chi connectivity index (χ1n) is 12.1. The molecule has 0 radical (unpaired) electrons. The molecule has 0 aliphatic rings. The van der Waals surface area contributed by atoms with E-state index in [0.717, 1.165) is 11.3 Å². The summed E-state index contributed by atoms with van der Waals surface area (Å²) in [4.78, 5) is 57.8. The molecule has 0 unspecified atom stereocenters. The minimum absolute atomic E-state index is 0.0857. The summed E-state index contributed by atoms with van der Waals surface area (Å²) in [7, 11) is 0. The second-order valence-corrected chi connectivity index (χ2v) is 8.38. The van der Waals surface area contributed by atoms with Gasteiger partial charge in [0.05, 0.1) is 0 Å². The van der Waals surface area contributed by atoms with Crippen molar-refractivity contribution in [3.05, 3.63) is 59.3 Å². The third kappa shape index (κ3) is 11.1. The quantitative estimate of drug-likeness (QED) is 0.303. The molecule has 2 aromatic carbocycles. The molecule has 0 heterocycles. The number of allylic oxidation sites excluding steroid dienone is 2. The standard InChI is InChI=1S/C28H32N2O9/c1-6-23(29-15-21-7-10-24(36-17(2)31)26(13-21)38-19(4)33)9-12-28(35)30-16-22-8-11-25(37-18(3)32)27(14-22)39-20(5)34/h6-8,10-11,13-14,29H,9,12,15-16H2,1-5H3,(H,30,35). The van der Waals surface area contributed by atoms with Crippen LogP contribution in [0.4, 0.5) is 0 Å². The Hall–Kier alpha value is -4.67. The van der Waals surface area contributed by atoms with Crippen molar-refractivity contribution in [3.8, 4) is 23.0 Å². The molecule has 11 heteroatoms. The highest BCUT2D eigenvalue weighted by Crippen LogP contribution is 2.30. The van der Waals surface area contributed by atoms with Crippen LogP contribution in [0.5, 0.6) is 23.0 Å². The Labute approximate surface area is 226 Å². The summed E-state index contributed by atoms with van der Waals surface area (Å²) in [5.74, 6) is -1.93. The third-order valence-corrected chi connectivity index (χ3v) is 5.01. The van der Waals surface area contributed by atoms with Crippen LogP contribution in [0, 0.1) is 0 Å². The third-order valence-electron chi connectivity index (χ3n) is 5.01. The monoisotopic (exact) mass is 540 g/mol. The van der Waals surface area contributed by atoms with Gasteiger partial charge in [-0.25, -0.2) is 0 Å². The molecule has 0 spiro atoms. The number of hydrogen-bond acceptors (Lipinski definition) is 10. The Bertz CT molecular complexity index is 1270. The fourth-order valence-corrected chi connectivity index (χ4v) is 3.36. The van der Waals surface area contributed by atoms with Crippen LogP contribution in [0.25, 0.3) is 0 Å². The van der Waals surface area contributed by atoms with Crippen molar-refractivity contribution in [2.24, 2.45) is 0 Å². The van der Waals surface area contributed by atoms with E-state index in [1.807, 2.05) is 13.0 Å². The van der Waals surface area contributed by atoms with E-state index in [9.17, 15) is 24.0 Å². The number of carbonyl (C=O) groups is 5. The molecule has 0 saturated carbocycles. The number of nitrogens with one attached hydrogen (secondary N) is 2. The summed E-state index contributed by atoms with van der Waals surface area (Å²) in [6.45, 7) is 7.38. The summed E-state index contributed by atoms with van der Waals surface area (Å²) in [6.07, 6.45) is 2.50. The van der Waals surface area contributed by atoms with Crippen LogP contribution < -0.4 is 29.6 Å².